The molecule has 0 heterocycles. The maximum atomic E-state index is 12.1. The first-order valence-electron chi connectivity index (χ1n) is 6.80. The summed E-state index contributed by atoms with van der Waals surface area (Å²) >= 11 is 1.72. The molecule has 3 unspecified atom stereocenters. The first kappa shape index (κ1) is 14.4. The second kappa shape index (κ2) is 6.44. The molecule has 1 saturated carbocycles. The van der Waals surface area contributed by atoms with Gasteiger partial charge in [-0.05, 0) is 50.1 Å². The Kier molecular flexibility index (Phi) is 4.88. The predicted molar refractivity (Wildman–Crippen MR) is 80.1 cm³/mol. The largest absolute Gasteiger partial charge is 0.349 e. The molecule has 1 amide bonds. The average Bonchev–Trinajstić information content (AvgIpc) is 2.85. The highest BCUT2D eigenvalue weighted by Gasteiger charge is 2.28. The standard InChI is InChI=1S/C15H22N2OS/c1-10(11-4-7-14(19-2)8-5-11)17-15(18)12-3-6-13(16)9-12/h4-5,7-8,10,12-13H,3,6,9,16H2,1-2H3,(H,17,18). The maximum absolute atomic E-state index is 12.1. The van der Waals surface area contributed by atoms with E-state index in [0.29, 0.717) is 0 Å². The molecule has 1 fully saturated rings. The summed E-state index contributed by atoms with van der Waals surface area (Å²) < 4.78 is 0. The van der Waals surface area contributed by atoms with Crippen LogP contribution in [-0.2, 0) is 4.79 Å². The summed E-state index contributed by atoms with van der Waals surface area (Å²) in [6, 6.07) is 8.60. The van der Waals surface area contributed by atoms with Crippen molar-refractivity contribution in [3.63, 3.8) is 0 Å². The van der Waals surface area contributed by atoms with Gasteiger partial charge in [-0.15, -0.1) is 11.8 Å². The van der Waals surface area contributed by atoms with Crippen molar-refractivity contribution in [1.82, 2.24) is 5.32 Å². The zero-order valence-corrected chi connectivity index (χ0v) is 12.4. The van der Waals surface area contributed by atoms with Gasteiger partial charge in [0.15, 0.2) is 0 Å². The third-order valence-electron chi connectivity index (χ3n) is 3.82. The molecule has 0 aromatic heterocycles. The highest BCUT2D eigenvalue weighted by Crippen LogP contribution is 2.25. The summed E-state index contributed by atoms with van der Waals surface area (Å²) in [4.78, 5) is 13.4. The summed E-state index contributed by atoms with van der Waals surface area (Å²) in [5.74, 6) is 0.248. The Morgan fingerprint density at radius 3 is 2.58 bits per heavy atom. The lowest BCUT2D eigenvalue weighted by atomic mass is 10.0. The van der Waals surface area contributed by atoms with Gasteiger partial charge in [-0.2, -0.15) is 0 Å². The second-order valence-electron chi connectivity index (χ2n) is 5.27. The van der Waals surface area contributed by atoms with E-state index in [1.807, 2.05) is 6.92 Å². The van der Waals surface area contributed by atoms with E-state index in [9.17, 15) is 4.79 Å². The topological polar surface area (TPSA) is 55.1 Å². The summed E-state index contributed by atoms with van der Waals surface area (Å²) in [6.45, 7) is 2.03. The van der Waals surface area contributed by atoms with E-state index < -0.39 is 0 Å². The maximum Gasteiger partial charge on any atom is 0.223 e. The van der Waals surface area contributed by atoms with Gasteiger partial charge in [0.1, 0.15) is 0 Å². The van der Waals surface area contributed by atoms with E-state index in [0.717, 1.165) is 24.8 Å². The van der Waals surface area contributed by atoms with Crippen molar-refractivity contribution < 1.29 is 4.79 Å². The van der Waals surface area contributed by atoms with Crippen LogP contribution in [0.25, 0.3) is 0 Å². The number of rotatable bonds is 4. The number of carbonyl (C=O) groups is 1. The predicted octanol–water partition coefficient (Wildman–Crippen LogP) is 2.71. The van der Waals surface area contributed by atoms with Crippen LogP contribution in [0.1, 0.15) is 37.8 Å². The third kappa shape index (κ3) is 3.74. The lowest BCUT2D eigenvalue weighted by Gasteiger charge is -2.17. The Labute approximate surface area is 119 Å². The molecule has 0 saturated heterocycles. The fourth-order valence-corrected chi connectivity index (χ4v) is 2.97. The van der Waals surface area contributed by atoms with Gasteiger partial charge in [0.25, 0.3) is 0 Å². The Hall–Kier alpha value is -1.00. The molecular weight excluding hydrogens is 256 g/mol. The van der Waals surface area contributed by atoms with E-state index in [4.69, 9.17) is 5.73 Å². The van der Waals surface area contributed by atoms with Crippen LogP contribution in [0.4, 0.5) is 0 Å². The van der Waals surface area contributed by atoms with Gasteiger partial charge in [0.2, 0.25) is 5.91 Å². The van der Waals surface area contributed by atoms with Crippen molar-refractivity contribution in [1.29, 1.82) is 0 Å². The molecule has 0 aliphatic heterocycles. The van der Waals surface area contributed by atoms with Crippen LogP contribution in [0.2, 0.25) is 0 Å². The molecule has 19 heavy (non-hydrogen) atoms. The van der Waals surface area contributed by atoms with Gasteiger partial charge in [-0.25, -0.2) is 0 Å². The number of benzene rings is 1. The summed E-state index contributed by atoms with van der Waals surface area (Å²) in [7, 11) is 0. The van der Waals surface area contributed by atoms with E-state index in [1.54, 1.807) is 11.8 Å². The molecule has 4 heteroatoms. The van der Waals surface area contributed by atoms with Crippen LogP contribution in [0, 0.1) is 5.92 Å². The van der Waals surface area contributed by atoms with E-state index in [1.165, 1.54) is 4.90 Å². The normalized spacial score (nSPS) is 24.2. The molecule has 1 aromatic rings. The molecule has 0 radical (unpaired) electrons. The number of nitrogens with two attached hydrogens (primary N) is 1. The Morgan fingerprint density at radius 2 is 2.05 bits per heavy atom. The van der Waals surface area contributed by atoms with Gasteiger partial charge in [0, 0.05) is 16.9 Å². The van der Waals surface area contributed by atoms with Crippen molar-refractivity contribution in [3.8, 4) is 0 Å². The fraction of sp³-hybridized carbons (Fsp3) is 0.533. The first-order valence-corrected chi connectivity index (χ1v) is 8.02. The molecule has 1 aliphatic carbocycles. The SMILES string of the molecule is CSc1ccc(C(C)NC(=O)C2CCC(N)C2)cc1. The summed E-state index contributed by atoms with van der Waals surface area (Å²) in [5.41, 5.74) is 7.00. The third-order valence-corrected chi connectivity index (χ3v) is 4.56. The molecule has 1 aliphatic rings. The Morgan fingerprint density at radius 1 is 1.37 bits per heavy atom. The number of nitrogens with one attached hydrogen (secondary N) is 1. The minimum absolute atomic E-state index is 0.0558. The van der Waals surface area contributed by atoms with Crippen molar-refractivity contribution in [2.45, 2.75) is 43.2 Å². The monoisotopic (exact) mass is 278 g/mol. The van der Waals surface area contributed by atoms with E-state index in [2.05, 4.69) is 35.8 Å². The quantitative estimate of drug-likeness (QED) is 0.833. The molecule has 0 spiro atoms. The highest BCUT2D eigenvalue weighted by molar-refractivity contribution is 7.98. The van der Waals surface area contributed by atoms with Gasteiger partial charge in [-0.1, -0.05) is 12.1 Å². The molecular formula is C15H22N2OS. The fourth-order valence-electron chi connectivity index (χ4n) is 2.56. The first-order chi connectivity index (χ1) is 9.10. The van der Waals surface area contributed by atoms with Crippen LogP contribution < -0.4 is 11.1 Å². The zero-order valence-electron chi connectivity index (χ0n) is 11.6. The molecule has 3 atom stereocenters. The van der Waals surface area contributed by atoms with Crippen molar-refractivity contribution in [2.24, 2.45) is 11.7 Å². The number of carbonyl (C=O) groups excluding carboxylic acids is 1. The molecule has 0 bridgehead atoms. The van der Waals surface area contributed by atoms with Gasteiger partial charge >= 0.3 is 0 Å². The highest BCUT2D eigenvalue weighted by atomic mass is 32.2. The van der Waals surface area contributed by atoms with Gasteiger partial charge < -0.3 is 11.1 Å². The number of amides is 1. The van der Waals surface area contributed by atoms with Crippen LogP contribution in [0.15, 0.2) is 29.2 Å². The molecule has 3 N–H and O–H groups in total. The molecule has 104 valence electrons. The van der Waals surface area contributed by atoms with Gasteiger partial charge in [-0.3, -0.25) is 4.79 Å². The molecule has 3 nitrogen and oxygen atoms in total. The van der Waals surface area contributed by atoms with Crippen molar-refractivity contribution in [3.05, 3.63) is 29.8 Å². The number of thioether (sulfide) groups is 1. The molecule has 1 aromatic carbocycles. The van der Waals surface area contributed by atoms with Gasteiger partial charge in [0.05, 0.1) is 6.04 Å². The van der Waals surface area contributed by atoms with E-state index >= 15 is 0 Å². The minimum atomic E-state index is 0.0558. The van der Waals surface area contributed by atoms with Crippen LogP contribution in [0.3, 0.4) is 0 Å². The van der Waals surface area contributed by atoms with Crippen LogP contribution in [-0.4, -0.2) is 18.2 Å². The summed E-state index contributed by atoms with van der Waals surface area (Å²) in [6.07, 6.45) is 4.77. The van der Waals surface area contributed by atoms with Crippen molar-refractivity contribution in [2.75, 3.05) is 6.26 Å². The average molecular weight is 278 g/mol. The second-order valence-corrected chi connectivity index (χ2v) is 6.15. The smallest absolute Gasteiger partial charge is 0.223 e. The lowest BCUT2D eigenvalue weighted by Crippen LogP contribution is -2.32. The van der Waals surface area contributed by atoms with E-state index in [-0.39, 0.29) is 23.9 Å². The Bertz CT molecular complexity index is 432. The van der Waals surface area contributed by atoms with Crippen molar-refractivity contribution >= 4 is 17.7 Å². The lowest BCUT2D eigenvalue weighted by molar-refractivity contribution is -0.125. The number of hydrogen-bond donors (Lipinski definition) is 2. The summed E-state index contributed by atoms with van der Waals surface area (Å²) in [5, 5.41) is 3.09. The number of hydrogen-bond acceptors (Lipinski definition) is 3. The Balaban J connectivity index is 1.92. The van der Waals surface area contributed by atoms with Crippen LogP contribution in [0.5, 0.6) is 0 Å². The zero-order chi connectivity index (χ0) is 13.8. The molecule has 2 rings (SSSR count). The minimum Gasteiger partial charge on any atom is -0.349 e. The van der Waals surface area contributed by atoms with Crippen LogP contribution >= 0.6 is 11.8 Å².